The lowest BCUT2D eigenvalue weighted by Crippen LogP contribution is -2.43. The first-order valence-corrected chi connectivity index (χ1v) is 12.3. The van der Waals surface area contributed by atoms with Crippen LogP contribution in [0, 0.1) is 0 Å². The quantitative estimate of drug-likeness (QED) is 0.410. The molecule has 4 heterocycles. The van der Waals surface area contributed by atoms with E-state index in [1.807, 2.05) is 50.2 Å². The minimum atomic E-state index is -0.372. The number of nitrogens with one attached hydrogen (secondary N) is 2. The van der Waals surface area contributed by atoms with Gasteiger partial charge in [-0.3, -0.25) is 13.9 Å². The molecule has 0 saturated carbocycles. The van der Waals surface area contributed by atoms with E-state index in [-0.39, 0.29) is 17.3 Å². The van der Waals surface area contributed by atoms with Crippen molar-refractivity contribution >= 4 is 17.0 Å². The largest absolute Gasteiger partial charge is 0.497 e. The maximum absolute atomic E-state index is 13.5. The Morgan fingerprint density at radius 1 is 1.08 bits per heavy atom. The molecular formula is C26H31N7O3. The first-order chi connectivity index (χ1) is 17.5. The van der Waals surface area contributed by atoms with Gasteiger partial charge in [0.25, 0.3) is 5.56 Å². The van der Waals surface area contributed by atoms with Crippen LogP contribution in [0.1, 0.15) is 31.9 Å². The lowest BCUT2D eigenvalue weighted by molar-refractivity contribution is 0.414. The summed E-state index contributed by atoms with van der Waals surface area (Å²) in [5.74, 6) is 2.15. The van der Waals surface area contributed by atoms with Gasteiger partial charge < -0.3 is 19.9 Å². The fourth-order valence-corrected chi connectivity index (χ4v) is 4.68. The van der Waals surface area contributed by atoms with E-state index in [0.29, 0.717) is 30.0 Å². The number of ether oxygens (including phenoxy) is 1. The lowest BCUT2D eigenvalue weighted by Gasteiger charge is -2.28. The van der Waals surface area contributed by atoms with Crippen molar-refractivity contribution in [3.63, 3.8) is 0 Å². The molecule has 10 nitrogen and oxygen atoms in total. The number of piperazine rings is 1. The minimum absolute atomic E-state index is 0.310. The van der Waals surface area contributed by atoms with Crippen molar-refractivity contribution in [2.24, 2.45) is 0 Å². The zero-order valence-electron chi connectivity index (χ0n) is 20.8. The van der Waals surface area contributed by atoms with Gasteiger partial charge in [-0.05, 0) is 43.2 Å². The molecule has 1 fully saturated rings. The van der Waals surface area contributed by atoms with Crippen LogP contribution in [0.4, 0.5) is 5.82 Å². The van der Waals surface area contributed by atoms with Crippen LogP contribution in [0.5, 0.6) is 5.75 Å². The summed E-state index contributed by atoms with van der Waals surface area (Å²) < 4.78 is 8.15. The average molecular weight is 490 g/mol. The van der Waals surface area contributed by atoms with Gasteiger partial charge in [0.1, 0.15) is 22.9 Å². The Balaban J connectivity index is 1.60. The van der Waals surface area contributed by atoms with Crippen molar-refractivity contribution in [1.29, 1.82) is 0 Å². The molecule has 1 unspecified atom stereocenters. The number of hydrogen-bond donors (Lipinski definition) is 2. The molecule has 1 saturated heterocycles. The molecule has 2 N–H and O–H groups in total. The molecule has 0 spiro atoms. The summed E-state index contributed by atoms with van der Waals surface area (Å²) in [4.78, 5) is 41.6. The molecule has 1 aliphatic rings. The van der Waals surface area contributed by atoms with Crippen molar-refractivity contribution in [2.45, 2.75) is 32.9 Å². The number of benzene rings is 1. The zero-order chi connectivity index (χ0) is 25.2. The first-order valence-electron chi connectivity index (χ1n) is 12.3. The van der Waals surface area contributed by atoms with Gasteiger partial charge >= 0.3 is 5.69 Å². The van der Waals surface area contributed by atoms with Gasteiger partial charge in [0.2, 0.25) is 0 Å². The molecule has 1 atom stereocenters. The summed E-state index contributed by atoms with van der Waals surface area (Å²) >= 11 is 0. The second-order valence-electron chi connectivity index (χ2n) is 8.98. The van der Waals surface area contributed by atoms with E-state index in [9.17, 15) is 9.59 Å². The van der Waals surface area contributed by atoms with Crippen molar-refractivity contribution in [3.05, 3.63) is 69.0 Å². The van der Waals surface area contributed by atoms with Gasteiger partial charge in [-0.1, -0.05) is 19.1 Å². The Labute approximate surface area is 208 Å². The van der Waals surface area contributed by atoms with E-state index in [1.165, 1.54) is 4.57 Å². The summed E-state index contributed by atoms with van der Waals surface area (Å²) in [6.07, 6.45) is 2.42. The van der Waals surface area contributed by atoms with Crippen LogP contribution in [-0.2, 0) is 6.54 Å². The average Bonchev–Trinajstić information content (AvgIpc) is 3.37. The van der Waals surface area contributed by atoms with Gasteiger partial charge in [0, 0.05) is 44.5 Å². The second-order valence-corrected chi connectivity index (χ2v) is 8.98. The van der Waals surface area contributed by atoms with E-state index in [4.69, 9.17) is 9.72 Å². The maximum Gasteiger partial charge on any atom is 0.333 e. The number of methoxy groups -OCH3 is 1. The third-order valence-corrected chi connectivity index (χ3v) is 6.70. The predicted octanol–water partition coefficient (Wildman–Crippen LogP) is 2.39. The molecule has 10 heteroatoms. The number of pyridine rings is 1. The van der Waals surface area contributed by atoms with Gasteiger partial charge in [-0.2, -0.15) is 0 Å². The number of hydrogen-bond acceptors (Lipinski definition) is 7. The number of rotatable bonds is 7. The van der Waals surface area contributed by atoms with E-state index >= 15 is 0 Å². The van der Waals surface area contributed by atoms with Gasteiger partial charge in [-0.15, -0.1) is 0 Å². The molecule has 1 aromatic carbocycles. The minimum Gasteiger partial charge on any atom is -0.497 e. The number of anilines is 1. The number of nitrogens with zero attached hydrogens (tertiary/aromatic N) is 5. The third-order valence-electron chi connectivity index (χ3n) is 6.70. The van der Waals surface area contributed by atoms with E-state index in [0.717, 1.165) is 48.9 Å². The molecule has 0 aliphatic carbocycles. The third kappa shape index (κ3) is 4.28. The molecule has 5 rings (SSSR count). The summed E-state index contributed by atoms with van der Waals surface area (Å²) in [5.41, 5.74) is 1.57. The fraction of sp³-hybridized carbons (Fsp3) is 0.385. The number of imidazole rings is 1. The highest BCUT2D eigenvalue weighted by Crippen LogP contribution is 2.25. The van der Waals surface area contributed by atoms with Crippen molar-refractivity contribution < 1.29 is 4.74 Å². The van der Waals surface area contributed by atoms with Crippen molar-refractivity contribution in [3.8, 4) is 17.1 Å². The smallest absolute Gasteiger partial charge is 0.333 e. The highest BCUT2D eigenvalue weighted by molar-refractivity contribution is 5.75. The van der Waals surface area contributed by atoms with Crippen molar-refractivity contribution in [1.82, 2.24) is 29.4 Å². The molecule has 0 bridgehead atoms. The Bertz CT molecular complexity index is 1460. The number of H-pyrrole nitrogens is 1. The van der Waals surface area contributed by atoms with Gasteiger partial charge in [0.15, 0.2) is 5.65 Å². The zero-order valence-corrected chi connectivity index (χ0v) is 20.8. The highest BCUT2D eigenvalue weighted by atomic mass is 16.5. The molecular weight excluding hydrogens is 458 g/mol. The molecule has 188 valence electrons. The fourth-order valence-electron chi connectivity index (χ4n) is 4.68. The molecule has 36 heavy (non-hydrogen) atoms. The maximum atomic E-state index is 13.5. The Hall–Kier alpha value is -3.92. The summed E-state index contributed by atoms with van der Waals surface area (Å²) in [6, 6.07) is 11.1. The SMILES string of the molecule is CCCn1c(=O)c2[nH]c(-c3ccc(N4CCNCC4)nc3)nc2n(C(C)c2ccc(OC)cc2)c1=O. The molecule has 0 amide bonds. The van der Waals surface area contributed by atoms with E-state index in [1.54, 1.807) is 17.9 Å². The summed E-state index contributed by atoms with van der Waals surface area (Å²) in [6.45, 7) is 7.88. The number of aromatic amines is 1. The van der Waals surface area contributed by atoms with Crippen LogP contribution in [0.3, 0.4) is 0 Å². The molecule has 4 aromatic rings. The number of fused-ring (bicyclic) bond motifs is 1. The summed E-state index contributed by atoms with van der Waals surface area (Å²) in [5, 5.41) is 3.34. The van der Waals surface area contributed by atoms with Crippen LogP contribution >= 0.6 is 0 Å². The van der Waals surface area contributed by atoms with E-state index in [2.05, 4.69) is 20.2 Å². The summed E-state index contributed by atoms with van der Waals surface area (Å²) in [7, 11) is 1.61. The molecule has 0 radical (unpaired) electrons. The Morgan fingerprint density at radius 2 is 1.83 bits per heavy atom. The monoisotopic (exact) mass is 489 g/mol. The van der Waals surface area contributed by atoms with Crippen LogP contribution in [0.2, 0.25) is 0 Å². The lowest BCUT2D eigenvalue weighted by atomic mass is 10.1. The predicted molar refractivity (Wildman–Crippen MR) is 140 cm³/mol. The van der Waals surface area contributed by atoms with Crippen molar-refractivity contribution in [2.75, 3.05) is 38.2 Å². The molecule has 1 aliphatic heterocycles. The van der Waals surface area contributed by atoms with Crippen LogP contribution in [0.25, 0.3) is 22.6 Å². The first kappa shape index (κ1) is 23.8. The standard InChI is InChI=1S/C26H31N7O3/c1-4-13-32-25(34)22-24(33(26(32)35)17(2)18-5-8-20(36-3)9-6-18)30-23(29-22)19-7-10-21(28-16-19)31-14-11-27-12-15-31/h5-10,16-17,27H,4,11-15H2,1-3H3,(H,29,30). The number of aromatic nitrogens is 5. The topological polar surface area (TPSA) is 110 Å². The molecule has 3 aromatic heterocycles. The Kier molecular flexibility index (Phi) is 6.60. The van der Waals surface area contributed by atoms with Gasteiger partial charge in [0.05, 0.1) is 13.2 Å². The van der Waals surface area contributed by atoms with Crippen LogP contribution in [0.15, 0.2) is 52.2 Å². The van der Waals surface area contributed by atoms with Gasteiger partial charge in [-0.25, -0.2) is 14.8 Å². The highest BCUT2D eigenvalue weighted by Gasteiger charge is 2.22. The van der Waals surface area contributed by atoms with Crippen LogP contribution < -0.4 is 26.2 Å². The van der Waals surface area contributed by atoms with E-state index < -0.39 is 0 Å². The normalized spacial score (nSPS) is 14.8. The second kappa shape index (κ2) is 9.98. The Morgan fingerprint density at radius 3 is 2.47 bits per heavy atom. The van der Waals surface area contributed by atoms with Crippen LogP contribution in [-0.4, -0.2) is 57.4 Å².